The van der Waals surface area contributed by atoms with Crippen molar-refractivity contribution < 1.29 is 0 Å². The SMILES string of the molecule is CSCCNc1csc(CN(C)C)c1. The highest BCUT2D eigenvalue weighted by Crippen LogP contribution is 2.20. The summed E-state index contributed by atoms with van der Waals surface area (Å²) >= 11 is 3.70. The molecule has 1 N–H and O–H groups in total. The average Bonchev–Trinajstić information content (AvgIpc) is 2.52. The van der Waals surface area contributed by atoms with Gasteiger partial charge in [0.15, 0.2) is 0 Å². The average molecular weight is 230 g/mol. The zero-order chi connectivity index (χ0) is 10.4. The maximum atomic E-state index is 3.41. The zero-order valence-electron chi connectivity index (χ0n) is 9.04. The van der Waals surface area contributed by atoms with Crippen LogP contribution in [0.25, 0.3) is 0 Å². The first-order valence-corrected chi connectivity index (χ1v) is 6.94. The van der Waals surface area contributed by atoms with Crippen molar-refractivity contribution in [2.45, 2.75) is 6.54 Å². The summed E-state index contributed by atoms with van der Waals surface area (Å²) in [5.74, 6) is 1.17. The molecule has 0 bridgehead atoms. The van der Waals surface area contributed by atoms with Crippen molar-refractivity contribution in [2.24, 2.45) is 0 Å². The van der Waals surface area contributed by atoms with Crippen LogP contribution in [0.5, 0.6) is 0 Å². The molecule has 1 rings (SSSR count). The summed E-state index contributed by atoms with van der Waals surface area (Å²) in [6.45, 7) is 2.09. The second-order valence-corrected chi connectivity index (χ2v) is 5.44. The van der Waals surface area contributed by atoms with E-state index in [9.17, 15) is 0 Å². The van der Waals surface area contributed by atoms with E-state index in [0.717, 1.165) is 13.1 Å². The van der Waals surface area contributed by atoms with E-state index in [2.05, 4.69) is 42.0 Å². The molecule has 14 heavy (non-hydrogen) atoms. The van der Waals surface area contributed by atoms with E-state index in [1.165, 1.54) is 16.3 Å². The number of hydrogen-bond acceptors (Lipinski definition) is 4. The summed E-state index contributed by atoms with van der Waals surface area (Å²) in [6.07, 6.45) is 2.13. The molecule has 1 heterocycles. The topological polar surface area (TPSA) is 15.3 Å². The van der Waals surface area contributed by atoms with E-state index >= 15 is 0 Å². The first-order valence-electron chi connectivity index (χ1n) is 4.67. The number of nitrogens with one attached hydrogen (secondary N) is 1. The van der Waals surface area contributed by atoms with Gasteiger partial charge in [-0.25, -0.2) is 0 Å². The van der Waals surface area contributed by atoms with Crippen LogP contribution in [0, 0.1) is 0 Å². The fraction of sp³-hybridized carbons (Fsp3) is 0.600. The number of rotatable bonds is 6. The minimum absolute atomic E-state index is 1.04. The molecule has 2 nitrogen and oxygen atoms in total. The summed E-state index contributed by atoms with van der Waals surface area (Å²) in [6, 6.07) is 2.24. The highest BCUT2D eigenvalue weighted by atomic mass is 32.2. The van der Waals surface area contributed by atoms with E-state index in [0.29, 0.717) is 0 Å². The van der Waals surface area contributed by atoms with E-state index < -0.39 is 0 Å². The molecule has 0 aromatic carbocycles. The van der Waals surface area contributed by atoms with Crippen molar-refractivity contribution in [1.82, 2.24) is 4.90 Å². The van der Waals surface area contributed by atoms with E-state index in [1.807, 2.05) is 23.1 Å². The fourth-order valence-electron chi connectivity index (χ4n) is 1.17. The summed E-state index contributed by atoms with van der Waals surface area (Å²) < 4.78 is 0. The Morgan fingerprint density at radius 1 is 1.50 bits per heavy atom. The lowest BCUT2D eigenvalue weighted by Crippen LogP contribution is -2.09. The molecule has 0 aliphatic heterocycles. The molecular formula is C10H18N2S2. The van der Waals surface area contributed by atoms with Crippen LogP contribution in [-0.2, 0) is 6.54 Å². The van der Waals surface area contributed by atoms with Crippen molar-refractivity contribution in [2.75, 3.05) is 38.0 Å². The number of thioether (sulfide) groups is 1. The Morgan fingerprint density at radius 3 is 2.93 bits per heavy atom. The lowest BCUT2D eigenvalue weighted by atomic mass is 10.4. The van der Waals surface area contributed by atoms with Crippen LogP contribution in [0.4, 0.5) is 5.69 Å². The van der Waals surface area contributed by atoms with Crippen LogP contribution in [-0.4, -0.2) is 37.5 Å². The quantitative estimate of drug-likeness (QED) is 0.756. The predicted octanol–water partition coefficient (Wildman–Crippen LogP) is 2.58. The molecule has 0 radical (unpaired) electrons. The number of anilines is 1. The van der Waals surface area contributed by atoms with Gasteiger partial charge in [0.25, 0.3) is 0 Å². The Labute approximate surface area is 94.7 Å². The molecule has 0 fully saturated rings. The van der Waals surface area contributed by atoms with Crippen LogP contribution >= 0.6 is 23.1 Å². The van der Waals surface area contributed by atoms with Gasteiger partial charge in [0.05, 0.1) is 0 Å². The Hall–Kier alpha value is -0.190. The highest BCUT2D eigenvalue weighted by Gasteiger charge is 2.00. The molecule has 0 unspecified atom stereocenters. The van der Waals surface area contributed by atoms with Crippen molar-refractivity contribution >= 4 is 28.8 Å². The summed E-state index contributed by atoms with van der Waals surface area (Å²) in [7, 11) is 4.20. The number of hydrogen-bond donors (Lipinski definition) is 1. The highest BCUT2D eigenvalue weighted by molar-refractivity contribution is 7.98. The second kappa shape index (κ2) is 6.32. The van der Waals surface area contributed by atoms with Gasteiger partial charge in [0, 0.05) is 34.8 Å². The van der Waals surface area contributed by atoms with Crippen molar-refractivity contribution in [3.8, 4) is 0 Å². The molecule has 0 aliphatic carbocycles. The Kier molecular flexibility index (Phi) is 5.37. The number of nitrogens with zero attached hydrogens (tertiary/aromatic N) is 1. The van der Waals surface area contributed by atoms with Crippen LogP contribution in [0.2, 0.25) is 0 Å². The van der Waals surface area contributed by atoms with Gasteiger partial charge in [-0.15, -0.1) is 11.3 Å². The summed E-state index contributed by atoms with van der Waals surface area (Å²) in [4.78, 5) is 3.61. The van der Waals surface area contributed by atoms with Gasteiger partial charge in [-0.3, -0.25) is 0 Å². The zero-order valence-corrected chi connectivity index (χ0v) is 10.7. The van der Waals surface area contributed by atoms with Gasteiger partial charge in [-0.1, -0.05) is 0 Å². The van der Waals surface area contributed by atoms with Gasteiger partial charge in [-0.2, -0.15) is 11.8 Å². The molecule has 0 saturated carbocycles. The molecule has 0 atom stereocenters. The molecule has 0 amide bonds. The molecule has 0 aliphatic rings. The minimum Gasteiger partial charge on any atom is -0.384 e. The Balaban J connectivity index is 2.35. The van der Waals surface area contributed by atoms with Crippen molar-refractivity contribution in [1.29, 1.82) is 0 Å². The van der Waals surface area contributed by atoms with E-state index in [1.54, 1.807) is 0 Å². The normalized spacial score (nSPS) is 10.9. The Morgan fingerprint density at radius 2 is 2.29 bits per heavy atom. The number of thiophene rings is 1. The van der Waals surface area contributed by atoms with Crippen LogP contribution in [0.3, 0.4) is 0 Å². The monoisotopic (exact) mass is 230 g/mol. The van der Waals surface area contributed by atoms with Crippen LogP contribution < -0.4 is 5.32 Å². The second-order valence-electron chi connectivity index (χ2n) is 3.46. The van der Waals surface area contributed by atoms with Gasteiger partial charge >= 0.3 is 0 Å². The van der Waals surface area contributed by atoms with Gasteiger partial charge in [-0.05, 0) is 26.4 Å². The first-order chi connectivity index (χ1) is 6.72. The molecular weight excluding hydrogens is 212 g/mol. The first kappa shape index (κ1) is 11.9. The fourth-order valence-corrected chi connectivity index (χ4v) is 2.43. The smallest absolute Gasteiger partial charge is 0.0452 e. The van der Waals surface area contributed by atoms with Crippen LogP contribution in [0.15, 0.2) is 11.4 Å². The molecule has 4 heteroatoms. The third kappa shape index (κ3) is 4.35. The largest absolute Gasteiger partial charge is 0.384 e. The van der Waals surface area contributed by atoms with Gasteiger partial charge in [0.2, 0.25) is 0 Å². The van der Waals surface area contributed by atoms with E-state index in [4.69, 9.17) is 0 Å². The minimum atomic E-state index is 1.04. The van der Waals surface area contributed by atoms with Crippen molar-refractivity contribution in [3.63, 3.8) is 0 Å². The molecule has 1 aromatic rings. The third-order valence-electron chi connectivity index (χ3n) is 1.76. The van der Waals surface area contributed by atoms with Crippen molar-refractivity contribution in [3.05, 3.63) is 16.3 Å². The standard InChI is InChI=1S/C10H18N2S2/c1-12(2)7-10-6-9(8-14-10)11-4-5-13-3/h6,8,11H,4-5,7H2,1-3H3. The predicted molar refractivity (Wildman–Crippen MR) is 68.6 cm³/mol. The molecule has 1 aromatic heterocycles. The van der Waals surface area contributed by atoms with Gasteiger partial charge in [0.1, 0.15) is 0 Å². The van der Waals surface area contributed by atoms with Gasteiger partial charge < -0.3 is 10.2 Å². The molecule has 0 saturated heterocycles. The lowest BCUT2D eigenvalue weighted by molar-refractivity contribution is 0.406. The summed E-state index contributed by atoms with van der Waals surface area (Å²) in [5, 5.41) is 5.60. The molecule has 80 valence electrons. The Bertz CT molecular complexity index is 258. The molecule has 0 spiro atoms. The van der Waals surface area contributed by atoms with Crippen LogP contribution in [0.1, 0.15) is 4.88 Å². The van der Waals surface area contributed by atoms with E-state index in [-0.39, 0.29) is 0 Å². The maximum absolute atomic E-state index is 3.41. The third-order valence-corrected chi connectivity index (χ3v) is 3.29. The summed E-state index contributed by atoms with van der Waals surface area (Å²) in [5.41, 5.74) is 1.26. The lowest BCUT2D eigenvalue weighted by Gasteiger charge is -2.06. The maximum Gasteiger partial charge on any atom is 0.0452 e.